The molecule has 2 atom stereocenters. The minimum Gasteiger partial charge on any atom is -0.493 e. The highest BCUT2D eigenvalue weighted by Crippen LogP contribution is 2.25. The zero-order valence-corrected chi connectivity index (χ0v) is 18.0. The third kappa shape index (κ3) is 4.43. The summed E-state index contributed by atoms with van der Waals surface area (Å²) < 4.78 is 21.3. The molecule has 3 heterocycles. The fraction of sp³-hybridized carbons (Fsp3) is 0.280. The molecule has 1 fully saturated rings. The Morgan fingerprint density at radius 1 is 1.19 bits per heavy atom. The van der Waals surface area contributed by atoms with E-state index in [1.54, 1.807) is 6.07 Å². The molecule has 6 nitrogen and oxygen atoms in total. The molecule has 164 valence electrons. The predicted molar refractivity (Wildman–Crippen MR) is 123 cm³/mol. The van der Waals surface area contributed by atoms with Crippen LogP contribution >= 0.6 is 0 Å². The van der Waals surface area contributed by atoms with Crippen LogP contribution in [-0.2, 0) is 0 Å². The molecule has 32 heavy (non-hydrogen) atoms. The van der Waals surface area contributed by atoms with E-state index in [1.165, 1.54) is 18.6 Å². The molecule has 5 rings (SSSR count). The fourth-order valence-corrected chi connectivity index (χ4v) is 4.02. The van der Waals surface area contributed by atoms with E-state index >= 15 is 0 Å². The number of nitrogens with one attached hydrogen (secondary N) is 2. The first kappa shape index (κ1) is 20.5. The highest BCUT2D eigenvalue weighted by atomic mass is 19.1. The quantitative estimate of drug-likeness (QED) is 0.444. The van der Waals surface area contributed by atoms with E-state index in [2.05, 4.69) is 15.6 Å². The average Bonchev–Trinajstić information content (AvgIpc) is 3.48. The van der Waals surface area contributed by atoms with Crippen molar-refractivity contribution in [1.29, 1.82) is 0 Å². The first-order valence-corrected chi connectivity index (χ1v) is 11.0. The number of ether oxygens (including phenoxy) is 1. The molecule has 0 amide bonds. The van der Waals surface area contributed by atoms with Crippen LogP contribution in [0, 0.1) is 11.7 Å². The molecule has 1 aliphatic heterocycles. The van der Waals surface area contributed by atoms with Crippen molar-refractivity contribution in [3.05, 3.63) is 78.2 Å². The molecule has 7 heteroatoms. The van der Waals surface area contributed by atoms with Gasteiger partial charge in [0, 0.05) is 18.0 Å². The van der Waals surface area contributed by atoms with Gasteiger partial charge >= 0.3 is 0 Å². The summed E-state index contributed by atoms with van der Waals surface area (Å²) in [5.41, 5.74) is 3.53. The number of fused-ring (bicyclic) bond motifs is 1. The molecule has 2 aromatic carbocycles. The van der Waals surface area contributed by atoms with Crippen molar-refractivity contribution in [1.82, 2.24) is 19.9 Å². The molecule has 1 saturated heterocycles. The van der Waals surface area contributed by atoms with Gasteiger partial charge in [0.1, 0.15) is 17.4 Å². The SMILES string of the molecule is C[C@@H](Nc1ccc2ncc(-c3ccc(OC[C@@H]4CCNC4)cc3)n2n1)c1cccc(F)c1. The van der Waals surface area contributed by atoms with Crippen LogP contribution < -0.4 is 15.4 Å². The second kappa shape index (κ2) is 8.96. The lowest BCUT2D eigenvalue weighted by Gasteiger charge is -2.15. The summed E-state index contributed by atoms with van der Waals surface area (Å²) in [7, 11) is 0. The van der Waals surface area contributed by atoms with Crippen LogP contribution in [0.3, 0.4) is 0 Å². The third-order valence-corrected chi connectivity index (χ3v) is 5.87. The van der Waals surface area contributed by atoms with E-state index in [-0.39, 0.29) is 11.9 Å². The average molecular weight is 432 g/mol. The normalized spacial score (nSPS) is 16.9. The zero-order chi connectivity index (χ0) is 21.9. The molecule has 4 aromatic rings. The van der Waals surface area contributed by atoms with Crippen LogP contribution in [0.5, 0.6) is 5.75 Å². The lowest BCUT2D eigenvalue weighted by atomic mass is 10.1. The zero-order valence-electron chi connectivity index (χ0n) is 18.0. The van der Waals surface area contributed by atoms with E-state index in [4.69, 9.17) is 9.84 Å². The Hall–Kier alpha value is -3.45. The molecule has 0 radical (unpaired) electrons. The van der Waals surface area contributed by atoms with Crippen molar-refractivity contribution in [3.8, 4) is 17.0 Å². The van der Waals surface area contributed by atoms with Gasteiger partial charge < -0.3 is 15.4 Å². The molecule has 0 saturated carbocycles. The van der Waals surface area contributed by atoms with Crippen molar-refractivity contribution in [2.75, 3.05) is 25.0 Å². The van der Waals surface area contributed by atoms with Crippen LogP contribution in [0.15, 0.2) is 66.9 Å². The summed E-state index contributed by atoms with van der Waals surface area (Å²) >= 11 is 0. The van der Waals surface area contributed by atoms with Crippen molar-refractivity contribution >= 4 is 11.5 Å². The number of hydrogen-bond donors (Lipinski definition) is 2. The van der Waals surface area contributed by atoms with Gasteiger partial charge in [-0.1, -0.05) is 12.1 Å². The topological polar surface area (TPSA) is 63.5 Å². The van der Waals surface area contributed by atoms with Crippen LogP contribution in [0.4, 0.5) is 10.2 Å². The summed E-state index contributed by atoms with van der Waals surface area (Å²) in [6.07, 6.45) is 2.99. The monoisotopic (exact) mass is 431 g/mol. The van der Waals surface area contributed by atoms with E-state index in [0.29, 0.717) is 11.7 Å². The maximum absolute atomic E-state index is 13.6. The van der Waals surface area contributed by atoms with E-state index in [1.807, 2.05) is 60.1 Å². The third-order valence-electron chi connectivity index (χ3n) is 5.87. The van der Waals surface area contributed by atoms with Gasteiger partial charge in [-0.05, 0) is 74.0 Å². The summed E-state index contributed by atoms with van der Waals surface area (Å²) in [5, 5.41) is 11.4. The van der Waals surface area contributed by atoms with Gasteiger partial charge in [-0.3, -0.25) is 0 Å². The largest absolute Gasteiger partial charge is 0.493 e. The smallest absolute Gasteiger partial charge is 0.154 e. The Labute approximate surface area is 186 Å². The Balaban J connectivity index is 1.33. The highest BCUT2D eigenvalue weighted by Gasteiger charge is 2.15. The summed E-state index contributed by atoms with van der Waals surface area (Å²) in [6, 6.07) is 18.4. The van der Waals surface area contributed by atoms with Gasteiger partial charge in [0.25, 0.3) is 0 Å². The number of nitrogens with zero attached hydrogens (tertiary/aromatic N) is 3. The summed E-state index contributed by atoms with van der Waals surface area (Å²) in [5.74, 6) is 1.90. The second-order valence-corrected chi connectivity index (χ2v) is 8.25. The maximum Gasteiger partial charge on any atom is 0.154 e. The molecule has 2 aromatic heterocycles. The number of rotatable bonds is 7. The summed E-state index contributed by atoms with van der Waals surface area (Å²) in [6.45, 7) is 4.82. The molecule has 0 aliphatic carbocycles. The van der Waals surface area contributed by atoms with Gasteiger partial charge in [-0.25, -0.2) is 13.9 Å². The number of anilines is 1. The van der Waals surface area contributed by atoms with Crippen molar-refractivity contribution in [3.63, 3.8) is 0 Å². The molecular weight excluding hydrogens is 405 g/mol. The van der Waals surface area contributed by atoms with E-state index in [9.17, 15) is 4.39 Å². The molecular formula is C25H26FN5O. The number of benzene rings is 2. The van der Waals surface area contributed by atoms with Crippen molar-refractivity contribution in [2.45, 2.75) is 19.4 Å². The van der Waals surface area contributed by atoms with Crippen LogP contribution in [0.1, 0.15) is 24.9 Å². The Bertz CT molecular complexity index is 1200. The molecule has 2 N–H and O–H groups in total. The summed E-state index contributed by atoms with van der Waals surface area (Å²) in [4.78, 5) is 4.48. The van der Waals surface area contributed by atoms with Gasteiger partial charge in [0.15, 0.2) is 5.65 Å². The predicted octanol–water partition coefficient (Wildman–Crippen LogP) is 4.70. The lowest BCUT2D eigenvalue weighted by Crippen LogP contribution is -2.15. The number of hydrogen-bond acceptors (Lipinski definition) is 5. The van der Waals surface area contributed by atoms with Crippen molar-refractivity contribution in [2.24, 2.45) is 5.92 Å². The van der Waals surface area contributed by atoms with Crippen LogP contribution in [0.25, 0.3) is 16.9 Å². The highest BCUT2D eigenvalue weighted by molar-refractivity contribution is 5.64. The van der Waals surface area contributed by atoms with Crippen LogP contribution in [0.2, 0.25) is 0 Å². The Morgan fingerprint density at radius 2 is 2.06 bits per heavy atom. The second-order valence-electron chi connectivity index (χ2n) is 8.25. The number of aromatic nitrogens is 3. The Morgan fingerprint density at radius 3 is 2.84 bits per heavy atom. The first-order chi connectivity index (χ1) is 15.7. The lowest BCUT2D eigenvalue weighted by molar-refractivity contribution is 0.260. The Kier molecular flexibility index (Phi) is 5.73. The number of imidazole rings is 1. The molecule has 0 bridgehead atoms. The van der Waals surface area contributed by atoms with Gasteiger partial charge in [-0.15, -0.1) is 5.10 Å². The van der Waals surface area contributed by atoms with E-state index in [0.717, 1.165) is 47.9 Å². The van der Waals surface area contributed by atoms with Gasteiger partial charge in [0.2, 0.25) is 0 Å². The standard InChI is InChI=1S/C25H26FN5O/c1-17(20-3-2-4-21(26)13-20)29-24-9-10-25-28-15-23(31(25)30-24)19-5-7-22(8-6-19)32-16-18-11-12-27-14-18/h2-10,13,15,17-18,27H,11-12,14,16H2,1H3,(H,29,30)/t17-,18-/m1/s1. The van der Waals surface area contributed by atoms with Crippen LogP contribution in [-0.4, -0.2) is 34.3 Å². The van der Waals surface area contributed by atoms with Crippen molar-refractivity contribution < 1.29 is 9.13 Å². The molecule has 0 spiro atoms. The number of halogens is 1. The maximum atomic E-state index is 13.6. The first-order valence-electron chi connectivity index (χ1n) is 11.0. The van der Waals surface area contributed by atoms with Gasteiger partial charge in [-0.2, -0.15) is 0 Å². The minimum atomic E-state index is -0.246. The van der Waals surface area contributed by atoms with Gasteiger partial charge in [0.05, 0.1) is 24.5 Å². The van der Waals surface area contributed by atoms with E-state index < -0.39 is 0 Å². The minimum absolute atomic E-state index is 0.0888. The molecule has 0 unspecified atom stereocenters. The molecule has 1 aliphatic rings. The fourth-order valence-electron chi connectivity index (χ4n) is 4.02.